The number of nitrogens with zero attached hydrogens (tertiary/aromatic N) is 2. The van der Waals surface area contributed by atoms with E-state index in [0.29, 0.717) is 40.8 Å². The van der Waals surface area contributed by atoms with E-state index < -0.39 is 0 Å². The number of fused-ring (bicyclic) bond motifs is 3. The first-order chi connectivity index (χ1) is 16.1. The zero-order valence-electron chi connectivity index (χ0n) is 18.1. The topological polar surface area (TPSA) is 95.6 Å². The van der Waals surface area contributed by atoms with Gasteiger partial charge in [0.1, 0.15) is 16.8 Å². The Morgan fingerprint density at radius 1 is 1.24 bits per heavy atom. The molecule has 0 spiro atoms. The van der Waals surface area contributed by atoms with Gasteiger partial charge in [-0.3, -0.25) is 14.2 Å². The Morgan fingerprint density at radius 3 is 2.88 bits per heavy atom. The fourth-order valence-electron chi connectivity index (χ4n) is 3.98. The van der Waals surface area contributed by atoms with E-state index in [2.05, 4.69) is 5.32 Å². The van der Waals surface area contributed by atoms with Crippen molar-refractivity contribution in [1.29, 1.82) is 0 Å². The number of hydrogen-bond donors (Lipinski definition) is 1. The predicted octanol–water partition coefficient (Wildman–Crippen LogP) is 4.06. The van der Waals surface area contributed by atoms with E-state index in [1.54, 1.807) is 23.8 Å². The number of anilines is 1. The number of methoxy groups -OCH3 is 1. The first-order valence-electron chi connectivity index (χ1n) is 10.7. The van der Waals surface area contributed by atoms with E-state index in [1.165, 1.54) is 11.8 Å². The minimum absolute atomic E-state index is 0.0620. The number of para-hydroxylation sites is 3. The number of furan rings is 1. The number of aromatic nitrogens is 2. The summed E-state index contributed by atoms with van der Waals surface area (Å²) >= 11 is 1.21. The fourth-order valence-corrected chi connectivity index (χ4v) is 4.78. The van der Waals surface area contributed by atoms with Crippen LogP contribution in [0.4, 0.5) is 5.69 Å². The summed E-state index contributed by atoms with van der Waals surface area (Å²) in [6.45, 7) is 1.05. The van der Waals surface area contributed by atoms with Crippen molar-refractivity contribution in [2.45, 2.75) is 30.6 Å². The highest BCUT2D eigenvalue weighted by molar-refractivity contribution is 7.99. The molecule has 5 rings (SSSR count). The maximum atomic E-state index is 13.4. The number of amides is 1. The highest BCUT2D eigenvalue weighted by Gasteiger charge is 2.23. The Balaban J connectivity index is 1.46. The summed E-state index contributed by atoms with van der Waals surface area (Å²) in [6, 6.07) is 14.6. The Labute approximate surface area is 193 Å². The molecule has 4 aromatic rings. The van der Waals surface area contributed by atoms with Crippen LogP contribution < -0.4 is 15.6 Å². The molecule has 1 N–H and O–H groups in total. The summed E-state index contributed by atoms with van der Waals surface area (Å²) in [5.41, 5.74) is 1.66. The number of thioether (sulfide) groups is 1. The summed E-state index contributed by atoms with van der Waals surface area (Å²) in [5, 5.41) is 4.09. The van der Waals surface area contributed by atoms with Gasteiger partial charge in [0.2, 0.25) is 11.5 Å². The molecule has 1 aliphatic heterocycles. The molecule has 8 nitrogen and oxygen atoms in total. The largest absolute Gasteiger partial charge is 0.495 e. The van der Waals surface area contributed by atoms with Crippen molar-refractivity contribution >= 4 is 45.4 Å². The van der Waals surface area contributed by atoms with Crippen LogP contribution in [-0.4, -0.2) is 41.0 Å². The molecule has 1 aliphatic rings. The number of hydrogen-bond acceptors (Lipinski definition) is 7. The fraction of sp³-hybridized carbons (Fsp3) is 0.292. The molecule has 1 atom stereocenters. The average molecular weight is 466 g/mol. The van der Waals surface area contributed by atoms with Crippen molar-refractivity contribution in [3.8, 4) is 5.75 Å². The first-order valence-corrected chi connectivity index (χ1v) is 11.7. The summed E-state index contributed by atoms with van der Waals surface area (Å²) in [7, 11) is 1.55. The molecule has 0 aliphatic carbocycles. The van der Waals surface area contributed by atoms with Gasteiger partial charge in [0, 0.05) is 12.0 Å². The van der Waals surface area contributed by atoms with E-state index in [1.807, 2.05) is 36.4 Å². The van der Waals surface area contributed by atoms with Gasteiger partial charge in [0.05, 0.1) is 31.2 Å². The standard InChI is InChI=1S/C24H23N3O5S/c1-30-19-11-5-3-9-17(19)25-20(28)14-33-24-26-21-16-8-2-4-10-18(16)32-22(21)23(29)27(24)13-15-7-6-12-31-15/h2-5,8-11,15H,6-7,12-14H2,1H3,(H,25,28). The maximum Gasteiger partial charge on any atom is 0.297 e. The molecule has 0 radical (unpaired) electrons. The van der Waals surface area contributed by atoms with Crippen LogP contribution in [0.15, 0.2) is 62.9 Å². The second kappa shape index (κ2) is 9.29. The molecule has 2 aromatic carbocycles. The van der Waals surface area contributed by atoms with Crippen LogP contribution in [0.5, 0.6) is 5.75 Å². The Bertz CT molecular complexity index is 1370. The zero-order chi connectivity index (χ0) is 22.8. The van der Waals surface area contributed by atoms with Gasteiger partial charge >= 0.3 is 0 Å². The maximum absolute atomic E-state index is 13.4. The van der Waals surface area contributed by atoms with Gasteiger partial charge in [0.25, 0.3) is 5.56 Å². The average Bonchev–Trinajstić information content (AvgIpc) is 3.48. The highest BCUT2D eigenvalue weighted by Crippen LogP contribution is 2.28. The van der Waals surface area contributed by atoms with Crippen molar-refractivity contribution in [3.63, 3.8) is 0 Å². The third-order valence-corrected chi connectivity index (χ3v) is 6.55. The monoisotopic (exact) mass is 465 g/mol. The van der Waals surface area contributed by atoms with Crippen LogP contribution in [-0.2, 0) is 16.1 Å². The molecule has 1 unspecified atom stereocenters. The SMILES string of the molecule is COc1ccccc1NC(=O)CSc1nc2c(oc3ccccc32)c(=O)n1CC1CCCO1. The lowest BCUT2D eigenvalue weighted by atomic mass is 10.2. The van der Waals surface area contributed by atoms with E-state index in [9.17, 15) is 9.59 Å². The van der Waals surface area contributed by atoms with Crippen molar-refractivity contribution in [1.82, 2.24) is 9.55 Å². The molecule has 2 aromatic heterocycles. The lowest BCUT2D eigenvalue weighted by Gasteiger charge is -2.15. The first kappa shape index (κ1) is 21.5. The Kier molecular flexibility index (Phi) is 6.06. The zero-order valence-corrected chi connectivity index (χ0v) is 18.9. The van der Waals surface area contributed by atoms with Gasteiger partial charge in [-0.15, -0.1) is 0 Å². The van der Waals surface area contributed by atoms with Crippen molar-refractivity contribution in [2.24, 2.45) is 0 Å². The van der Waals surface area contributed by atoms with Crippen LogP contribution in [0.1, 0.15) is 12.8 Å². The molecule has 0 saturated carbocycles. The third-order valence-electron chi connectivity index (χ3n) is 5.57. The Morgan fingerprint density at radius 2 is 2.06 bits per heavy atom. The molecule has 9 heteroatoms. The quantitative estimate of drug-likeness (QED) is 0.325. The van der Waals surface area contributed by atoms with Crippen molar-refractivity contribution in [3.05, 3.63) is 58.9 Å². The van der Waals surface area contributed by atoms with E-state index >= 15 is 0 Å². The van der Waals surface area contributed by atoms with Gasteiger partial charge in [-0.05, 0) is 37.1 Å². The molecule has 1 saturated heterocycles. The smallest absolute Gasteiger partial charge is 0.297 e. The normalized spacial score (nSPS) is 15.8. The van der Waals surface area contributed by atoms with Gasteiger partial charge in [0.15, 0.2) is 5.16 Å². The highest BCUT2D eigenvalue weighted by atomic mass is 32.2. The third kappa shape index (κ3) is 4.34. The van der Waals surface area contributed by atoms with Crippen LogP contribution in [0.2, 0.25) is 0 Å². The minimum atomic E-state index is -0.265. The lowest BCUT2D eigenvalue weighted by Crippen LogP contribution is -2.29. The van der Waals surface area contributed by atoms with Crippen LogP contribution in [0.25, 0.3) is 22.1 Å². The van der Waals surface area contributed by atoms with E-state index in [0.717, 1.165) is 18.2 Å². The molecule has 33 heavy (non-hydrogen) atoms. The van der Waals surface area contributed by atoms with E-state index in [4.69, 9.17) is 18.9 Å². The number of benzene rings is 2. The molecule has 170 valence electrons. The minimum Gasteiger partial charge on any atom is -0.495 e. The predicted molar refractivity (Wildman–Crippen MR) is 127 cm³/mol. The summed E-state index contributed by atoms with van der Waals surface area (Å²) in [6.07, 6.45) is 1.78. The van der Waals surface area contributed by atoms with Crippen LogP contribution >= 0.6 is 11.8 Å². The van der Waals surface area contributed by atoms with Gasteiger partial charge < -0.3 is 19.2 Å². The second-order valence-corrected chi connectivity index (χ2v) is 8.70. The Hall–Kier alpha value is -3.30. The molecule has 1 amide bonds. The molecule has 0 bridgehead atoms. The number of nitrogens with one attached hydrogen (secondary N) is 1. The molecule has 1 fully saturated rings. The van der Waals surface area contributed by atoms with Gasteiger partial charge in [-0.25, -0.2) is 4.98 Å². The molecule has 3 heterocycles. The second-order valence-electron chi connectivity index (χ2n) is 7.76. The van der Waals surface area contributed by atoms with Crippen molar-refractivity contribution in [2.75, 3.05) is 24.8 Å². The number of carbonyl (C=O) groups excluding carboxylic acids is 1. The number of ether oxygens (including phenoxy) is 2. The van der Waals surface area contributed by atoms with Gasteiger partial charge in [-0.2, -0.15) is 0 Å². The molecular formula is C24H23N3O5S. The number of rotatable bonds is 7. The van der Waals surface area contributed by atoms with Crippen molar-refractivity contribution < 1.29 is 18.7 Å². The number of carbonyl (C=O) groups is 1. The summed E-state index contributed by atoms with van der Waals surface area (Å²) in [4.78, 5) is 30.8. The molecular weight excluding hydrogens is 442 g/mol. The van der Waals surface area contributed by atoms with Crippen LogP contribution in [0, 0.1) is 0 Å². The van der Waals surface area contributed by atoms with Gasteiger partial charge in [-0.1, -0.05) is 36.0 Å². The summed E-state index contributed by atoms with van der Waals surface area (Å²) in [5.74, 6) is 0.437. The van der Waals surface area contributed by atoms with Crippen LogP contribution in [0.3, 0.4) is 0 Å². The van der Waals surface area contributed by atoms with E-state index in [-0.39, 0.29) is 28.9 Å². The lowest BCUT2D eigenvalue weighted by molar-refractivity contribution is -0.113. The summed E-state index contributed by atoms with van der Waals surface area (Å²) < 4.78 is 18.4.